The highest BCUT2D eigenvalue weighted by Crippen LogP contribution is 2.10. The van der Waals surface area contributed by atoms with E-state index in [1.54, 1.807) is 31.1 Å². The monoisotopic (exact) mass is 318 g/mol. The molecule has 0 radical (unpaired) electrons. The van der Waals surface area contributed by atoms with E-state index in [4.69, 9.17) is 0 Å². The molecule has 0 aliphatic rings. The van der Waals surface area contributed by atoms with Gasteiger partial charge in [-0.25, -0.2) is 9.18 Å². The van der Waals surface area contributed by atoms with Crippen LogP contribution in [0, 0.1) is 12.7 Å². The number of aromatic nitrogens is 2. The van der Waals surface area contributed by atoms with Crippen LogP contribution >= 0.6 is 0 Å². The van der Waals surface area contributed by atoms with Crippen molar-refractivity contribution in [3.8, 4) is 0 Å². The third-order valence-corrected chi connectivity index (χ3v) is 3.63. The molecule has 0 bridgehead atoms. The van der Waals surface area contributed by atoms with Crippen LogP contribution < -0.4 is 5.32 Å². The van der Waals surface area contributed by atoms with Crippen molar-refractivity contribution in [1.29, 1.82) is 0 Å². The average Bonchev–Trinajstić information content (AvgIpc) is 2.96. The highest BCUT2D eigenvalue weighted by molar-refractivity contribution is 5.73. The third kappa shape index (κ3) is 4.55. The fraction of sp³-hybridized carbons (Fsp3) is 0.412. The summed E-state index contributed by atoms with van der Waals surface area (Å²) in [6, 6.07) is 5.05. The zero-order chi connectivity index (χ0) is 17.0. The van der Waals surface area contributed by atoms with Crippen LogP contribution in [0.25, 0.3) is 0 Å². The molecule has 124 valence electrons. The van der Waals surface area contributed by atoms with Gasteiger partial charge in [-0.1, -0.05) is 12.1 Å². The standard InChI is InChI=1S/C17H23FN4O/c1-12(2)22-11-15(9-20-22)10-21(4)17(23)19-8-14-6-5-13(3)16(18)7-14/h5-7,9,11-12H,8,10H2,1-4H3,(H,19,23). The van der Waals surface area contributed by atoms with Crippen molar-refractivity contribution in [1.82, 2.24) is 20.0 Å². The van der Waals surface area contributed by atoms with Crippen LogP contribution in [0.5, 0.6) is 0 Å². The van der Waals surface area contributed by atoms with Crippen molar-refractivity contribution in [2.75, 3.05) is 7.05 Å². The Bertz CT molecular complexity index is 681. The molecule has 1 N–H and O–H groups in total. The first-order chi connectivity index (χ1) is 10.9. The van der Waals surface area contributed by atoms with E-state index in [0.29, 0.717) is 24.7 Å². The van der Waals surface area contributed by atoms with Crippen LogP contribution in [0.15, 0.2) is 30.6 Å². The van der Waals surface area contributed by atoms with Crippen LogP contribution in [0.1, 0.15) is 36.6 Å². The van der Waals surface area contributed by atoms with Crippen LogP contribution in [0.3, 0.4) is 0 Å². The molecule has 0 aliphatic carbocycles. The van der Waals surface area contributed by atoms with Gasteiger partial charge in [0.1, 0.15) is 5.82 Å². The van der Waals surface area contributed by atoms with E-state index in [1.807, 2.05) is 30.8 Å². The second-order valence-corrected chi connectivity index (χ2v) is 6.02. The Morgan fingerprint density at radius 1 is 1.39 bits per heavy atom. The predicted molar refractivity (Wildman–Crippen MR) is 87.5 cm³/mol. The quantitative estimate of drug-likeness (QED) is 0.920. The molecule has 6 heteroatoms. The Labute approximate surface area is 136 Å². The van der Waals surface area contributed by atoms with Gasteiger partial charge in [-0.15, -0.1) is 0 Å². The molecule has 2 aromatic rings. The topological polar surface area (TPSA) is 50.2 Å². The number of halogens is 1. The Balaban J connectivity index is 1.87. The number of carbonyl (C=O) groups excluding carboxylic acids is 1. The summed E-state index contributed by atoms with van der Waals surface area (Å²) in [6.45, 7) is 6.58. The Morgan fingerprint density at radius 2 is 2.13 bits per heavy atom. The molecule has 23 heavy (non-hydrogen) atoms. The van der Waals surface area contributed by atoms with Crippen molar-refractivity contribution in [3.05, 3.63) is 53.1 Å². The molecule has 1 heterocycles. The summed E-state index contributed by atoms with van der Waals surface area (Å²) < 4.78 is 15.3. The first-order valence-electron chi connectivity index (χ1n) is 7.64. The van der Waals surface area contributed by atoms with E-state index in [0.717, 1.165) is 11.1 Å². The molecule has 0 saturated carbocycles. The van der Waals surface area contributed by atoms with E-state index < -0.39 is 0 Å². The molecule has 5 nitrogen and oxygen atoms in total. The number of rotatable bonds is 5. The van der Waals surface area contributed by atoms with E-state index in [1.165, 1.54) is 6.07 Å². The second-order valence-electron chi connectivity index (χ2n) is 6.02. The summed E-state index contributed by atoms with van der Waals surface area (Å²) in [5, 5.41) is 7.04. The molecule has 0 aliphatic heterocycles. The Kier molecular flexibility index (Phi) is 5.36. The van der Waals surface area contributed by atoms with Crippen LogP contribution in [0.2, 0.25) is 0 Å². The SMILES string of the molecule is Cc1ccc(CNC(=O)N(C)Cc2cnn(C(C)C)c2)cc1F. The summed E-state index contributed by atoms with van der Waals surface area (Å²) >= 11 is 0. The van der Waals surface area contributed by atoms with Crippen LogP contribution in [-0.2, 0) is 13.1 Å². The van der Waals surface area contributed by atoms with Gasteiger partial charge in [-0.2, -0.15) is 5.10 Å². The number of urea groups is 1. The maximum Gasteiger partial charge on any atom is 0.317 e. The fourth-order valence-electron chi connectivity index (χ4n) is 2.15. The summed E-state index contributed by atoms with van der Waals surface area (Å²) in [6.07, 6.45) is 3.70. The molecular weight excluding hydrogens is 295 g/mol. The lowest BCUT2D eigenvalue weighted by Gasteiger charge is -2.17. The number of nitrogens with zero attached hydrogens (tertiary/aromatic N) is 3. The molecule has 0 fully saturated rings. The zero-order valence-corrected chi connectivity index (χ0v) is 14.0. The maximum atomic E-state index is 13.5. The molecule has 2 amide bonds. The number of amides is 2. The van der Waals surface area contributed by atoms with Crippen LogP contribution in [-0.4, -0.2) is 27.8 Å². The number of carbonyl (C=O) groups is 1. The van der Waals surface area contributed by atoms with Gasteiger partial charge in [0.05, 0.1) is 12.7 Å². The van der Waals surface area contributed by atoms with Crippen molar-refractivity contribution in [2.24, 2.45) is 0 Å². The van der Waals surface area contributed by atoms with Gasteiger partial charge >= 0.3 is 6.03 Å². The minimum atomic E-state index is -0.258. The molecule has 0 spiro atoms. The van der Waals surface area contributed by atoms with Gasteiger partial charge in [0.25, 0.3) is 0 Å². The number of aryl methyl sites for hydroxylation is 1. The molecule has 0 atom stereocenters. The molecule has 1 aromatic carbocycles. The van der Waals surface area contributed by atoms with Crippen molar-refractivity contribution < 1.29 is 9.18 Å². The first-order valence-corrected chi connectivity index (χ1v) is 7.64. The normalized spacial score (nSPS) is 10.9. The third-order valence-electron chi connectivity index (χ3n) is 3.63. The highest BCUT2D eigenvalue weighted by atomic mass is 19.1. The van der Waals surface area contributed by atoms with E-state index in [-0.39, 0.29) is 11.8 Å². The molecule has 1 aromatic heterocycles. The number of nitrogens with one attached hydrogen (secondary N) is 1. The largest absolute Gasteiger partial charge is 0.334 e. The highest BCUT2D eigenvalue weighted by Gasteiger charge is 2.11. The Hall–Kier alpha value is -2.37. The Morgan fingerprint density at radius 3 is 2.74 bits per heavy atom. The summed E-state index contributed by atoms with van der Waals surface area (Å²) in [4.78, 5) is 13.7. The molecule has 0 saturated heterocycles. The van der Waals surface area contributed by atoms with Gasteiger partial charge in [0.15, 0.2) is 0 Å². The number of hydrogen-bond acceptors (Lipinski definition) is 2. The van der Waals surface area contributed by atoms with E-state index >= 15 is 0 Å². The van der Waals surface area contributed by atoms with Gasteiger partial charge in [-0.3, -0.25) is 4.68 Å². The average molecular weight is 318 g/mol. The van der Waals surface area contributed by atoms with E-state index in [2.05, 4.69) is 10.4 Å². The van der Waals surface area contributed by atoms with Crippen LogP contribution in [0.4, 0.5) is 9.18 Å². The molecule has 2 rings (SSSR count). The number of hydrogen-bond donors (Lipinski definition) is 1. The first kappa shape index (κ1) is 17.0. The van der Waals surface area contributed by atoms with E-state index in [9.17, 15) is 9.18 Å². The summed E-state index contributed by atoms with van der Waals surface area (Å²) in [5.74, 6) is -0.258. The lowest BCUT2D eigenvalue weighted by molar-refractivity contribution is 0.206. The van der Waals surface area contributed by atoms with Crippen molar-refractivity contribution in [2.45, 2.75) is 39.9 Å². The van der Waals surface area contributed by atoms with Crippen molar-refractivity contribution in [3.63, 3.8) is 0 Å². The molecule has 0 unspecified atom stereocenters. The summed E-state index contributed by atoms with van der Waals surface area (Å²) in [5.41, 5.74) is 2.31. The maximum absolute atomic E-state index is 13.5. The minimum absolute atomic E-state index is 0.205. The van der Waals surface area contributed by atoms with Gasteiger partial charge < -0.3 is 10.2 Å². The molecular formula is C17H23FN4O. The fourth-order valence-corrected chi connectivity index (χ4v) is 2.15. The minimum Gasteiger partial charge on any atom is -0.334 e. The van der Waals surface area contributed by atoms with Gasteiger partial charge in [0.2, 0.25) is 0 Å². The number of benzene rings is 1. The van der Waals surface area contributed by atoms with Crippen molar-refractivity contribution >= 4 is 6.03 Å². The predicted octanol–water partition coefficient (Wildman–Crippen LogP) is 3.25. The van der Waals surface area contributed by atoms with Gasteiger partial charge in [-0.05, 0) is 38.0 Å². The van der Waals surface area contributed by atoms with Gasteiger partial charge in [0, 0.05) is 31.4 Å². The second kappa shape index (κ2) is 7.26. The smallest absolute Gasteiger partial charge is 0.317 e. The lowest BCUT2D eigenvalue weighted by atomic mass is 10.1. The zero-order valence-electron chi connectivity index (χ0n) is 14.0. The summed E-state index contributed by atoms with van der Waals surface area (Å²) in [7, 11) is 1.72. The lowest BCUT2D eigenvalue weighted by Crippen LogP contribution is -2.36.